The van der Waals surface area contributed by atoms with Crippen molar-refractivity contribution in [3.8, 4) is 0 Å². The Labute approximate surface area is 96.8 Å². The minimum Gasteiger partial charge on any atom is -0.354 e. The molecule has 1 rings (SSSR count). The number of carbonyl (C=O) groups excluding carboxylic acids is 1. The van der Waals surface area contributed by atoms with Crippen molar-refractivity contribution in [2.24, 2.45) is 0 Å². The van der Waals surface area contributed by atoms with E-state index in [1.165, 1.54) is 12.8 Å². The van der Waals surface area contributed by atoms with Gasteiger partial charge >= 0.3 is 0 Å². The summed E-state index contributed by atoms with van der Waals surface area (Å²) in [5.74, 6) is 0.121. The normalized spacial score (nSPS) is 19.7. The van der Waals surface area contributed by atoms with E-state index in [1.807, 2.05) is 11.8 Å². The molecule has 15 heavy (non-hydrogen) atoms. The van der Waals surface area contributed by atoms with E-state index in [2.05, 4.69) is 30.7 Å². The summed E-state index contributed by atoms with van der Waals surface area (Å²) in [6.45, 7) is 5.48. The maximum atomic E-state index is 11.5. The second-order valence-electron chi connectivity index (χ2n) is 4.35. The van der Waals surface area contributed by atoms with Gasteiger partial charge < -0.3 is 10.6 Å². The van der Waals surface area contributed by atoms with Gasteiger partial charge in [0, 0.05) is 17.3 Å². The van der Waals surface area contributed by atoms with Crippen LogP contribution >= 0.6 is 11.8 Å². The molecule has 0 spiro atoms. The molecule has 1 aliphatic carbocycles. The molecule has 0 aliphatic heterocycles. The van der Waals surface area contributed by atoms with Gasteiger partial charge in [-0.25, -0.2) is 0 Å². The van der Waals surface area contributed by atoms with Gasteiger partial charge in [0.25, 0.3) is 0 Å². The molecule has 0 aromatic rings. The molecule has 0 saturated heterocycles. The highest BCUT2D eigenvalue weighted by Crippen LogP contribution is 2.46. The predicted molar refractivity (Wildman–Crippen MR) is 66.2 cm³/mol. The highest BCUT2D eigenvalue weighted by atomic mass is 32.2. The molecular weight excluding hydrogens is 208 g/mol. The zero-order valence-electron chi connectivity index (χ0n) is 9.93. The van der Waals surface area contributed by atoms with E-state index < -0.39 is 0 Å². The van der Waals surface area contributed by atoms with Gasteiger partial charge in [-0.1, -0.05) is 6.92 Å². The summed E-state index contributed by atoms with van der Waals surface area (Å²) >= 11 is 1.87. The molecule has 1 saturated carbocycles. The summed E-state index contributed by atoms with van der Waals surface area (Å²) in [6, 6.07) is 0.422. The van der Waals surface area contributed by atoms with E-state index in [9.17, 15) is 4.79 Å². The summed E-state index contributed by atoms with van der Waals surface area (Å²) < 4.78 is 0.367. The Bertz CT molecular complexity index is 217. The molecule has 1 amide bonds. The minimum atomic E-state index is 0.121. The monoisotopic (exact) mass is 230 g/mol. The maximum absolute atomic E-state index is 11.5. The van der Waals surface area contributed by atoms with Crippen LogP contribution in [0.15, 0.2) is 0 Å². The number of rotatable bonds is 7. The lowest BCUT2D eigenvalue weighted by molar-refractivity contribution is -0.120. The number of nitrogens with one attached hydrogen (secondary N) is 2. The van der Waals surface area contributed by atoms with Crippen LogP contribution in [0.5, 0.6) is 0 Å². The molecule has 2 N–H and O–H groups in total. The first-order chi connectivity index (χ1) is 7.12. The van der Waals surface area contributed by atoms with Crippen LogP contribution in [-0.2, 0) is 4.79 Å². The van der Waals surface area contributed by atoms with E-state index in [0.717, 1.165) is 13.0 Å². The first-order valence-electron chi connectivity index (χ1n) is 5.67. The lowest BCUT2D eigenvalue weighted by atomic mass is 10.2. The van der Waals surface area contributed by atoms with E-state index in [-0.39, 0.29) is 5.91 Å². The molecule has 0 aromatic carbocycles. The number of hydrogen-bond donors (Lipinski definition) is 2. The lowest BCUT2D eigenvalue weighted by Gasteiger charge is -2.14. The van der Waals surface area contributed by atoms with Gasteiger partial charge in [0.1, 0.15) is 0 Å². The van der Waals surface area contributed by atoms with Crippen molar-refractivity contribution in [2.75, 3.05) is 19.3 Å². The van der Waals surface area contributed by atoms with Crippen LogP contribution in [0.25, 0.3) is 0 Å². The molecule has 1 unspecified atom stereocenters. The lowest BCUT2D eigenvalue weighted by Crippen LogP contribution is -2.40. The Kier molecular flexibility index (Phi) is 4.93. The van der Waals surface area contributed by atoms with Gasteiger partial charge in [0.2, 0.25) is 5.91 Å². The van der Waals surface area contributed by atoms with Gasteiger partial charge in [-0.15, -0.1) is 0 Å². The molecule has 0 aromatic heterocycles. The number of amides is 1. The van der Waals surface area contributed by atoms with Crippen molar-refractivity contribution in [3.05, 3.63) is 0 Å². The van der Waals surface area contributed by atoms with Gasteiger partial charge in [-0.3, -0.25) is 4.79 Å². The summed E-state index contributed by atoms with van der Waals surface area (Å²) in [5, 5.41) is 6.18. The zero-order valence-corrected chi connectivity index (χ0v) is 10.7. The number of hydrogen-bond acceptors (Lipinski definition) is 3. The van der Waals surface area contributed by atoms with Crippen molar-refractivity contribution in [2.45, 2.75) is 43.9 Å². The Morgan fingerprint density at radius 3 is 2.67 bits per heavy atom. The average Bonchev–Trinajstić information content (AvgIpc) is 3.03. The van der Waals surface area contributed by atoms with Gasteiger partial charge in [0.15, 0.2) is 0 Å². The first-order valence-corrected chi connectivity index (χ1v) is 6.89. The third-order valence-electron chi connectivity index (χ3n) is 3.07. The Morgan fingerprint density at radius 1 is 1.53 bits per heavy atom. The minimum absolute atomic E-state index is 0.121. The summed E-state index contributed by atoms with van der Waals surface area (Å²) in [6.07, 6.45) is 5.67. The van der Waals surface area contributed by atoms with Crippen LogP contribution in [-0.4, -0.2) is 36.0 Å². The van der Waals surface area contributed by atoms with Crippen molar-refractivity contribution in [1.82, 2.24) is 10.6 Å². The molecule has 88 valence electrons. The molecule has 0 heterocycles. The Hall–Kier alpha value is -0.220. The van der Waals surface area contributed by atoms with Gasteiger partial charge in [-0.05, 0) is 32.4 Å². The zero-order chi connectivity index (χ0) is 11.3. The van der Waals surface area contributed by atoms with Crippen molar-refractivity contribution in [3.63, 3.8) is 0 Å². The van der Waals surface area contributed by atoms with Crippen LogP contribution in [0.3, 0.4) is 0 Å². The van der Waals surface area contributed by atoms with E-state index in [4.69, 9.17) is 0 Å². The number of carbonyl (C=O) groups is 1. The quantitative estimate of drug-likeness (QED) is 0.694. The van der Waals surface area contributed by atoms with E-state index >= 15 is 0 Å². The van der Waals surface area contributed by atoms with Crippen LogP contribution in [0.4, 0.5) is 0 Å². The fourth-order valence-electron chi connectivity index (χ4n) is 1.33. The van der Waals surface area contributed by atoms with E-state index in [1.54, 1.807) is 0 Å². The van der Waals surface area contributed by atoms with Crippen LogP contribution in [0.1, 0.15) is 33.1 Å². The molecule has 4 heteroatoms. The fraction of sp³-hybridized carbons (Fsp3) is 0.909. The molecule has 1 fully saturated rings. The molecule has 0 bridgehead atoms. The maximum Gasteiger partial charge on any atom is 0.234 e. The summed E-state index contributed by atoms with van der Waals surface area (Å²) in [7, 11) is 0. The Morgan fingerprint density at radius 2 is 2.20 bits per heavy atom. The second kappa shape index (κ2) is 5.75. The molecule has 1 atom stereocenters. The van der Waals surface area contributed by atoms with Crippen LogP contribution in [0.2, 0.25) is 0 Å². The van der Waals surface area contributed by atoms with Gasteiger partial charge in [0.05, 0.1) is 6.54 Å². The van der Waals surface area contributed by atoms with E-state index in [0.29, 0.717) is 17.3 Å². The molecule has 0 radical (unpaired) electrons. The number of thioether (sulfide) groups is 1. The predicted octanol–water partition coefficient (Wildman–Crippen LogP) is 1.39. The summed E-state index contributed by atoms with van der Waals surface area (Å²) in [5.41, 5.74) is 0. The third kappa shape index (κ3) is 4.43. The Balaban J connectivity index is 2.08. The molecular formula is C11H22N2OS. The highest BCUT2D eigenvalue weighted by Gasteiger charge is 2.41. The van der Waals surface area contributed by atoms with Crippen molar-refractivity contribution < 1.29 is 4.79 Å². The van der Waals surface area contributed by atoms with Crippen LogP contribution < -0.4 is 10.6 Å². The van der Waals surface area contributed by atoms with Crippen molar-refractivity contribution in [1.29, 1.82) is 0 Å². The molecule has 3 nitrogen and oxygen atoms in total. The topological polar surface area (TPSA) is 41.1 Å². The van der Waals surface area contributed by atoms with Crippen molar-refractivity contribution >= 4 is 17.7 Å². The smallest absolute Gasteiger partial charge is 0.234 e. The average molecular weight is 230 g/mol. The van der Waals surface area contributed by atoms with Crippen LogP contribution in [0, 0.1) is 0 Å². The SMILES string of the molecule is CCC(C)NCC(=O)NCC1(SC)CC1. The largest absolute Gasteiger partial charge is 0.354 e. The highest BCUT2D eigenvalue weighted by molar-refractivity contribution is 8.00. The first kappa shape index (κ1) is 12.8. The standard InChI is InChI=1S/C11H22N2OS/c1-4-9(2)12-7-10(14)13-8-11(15-3)5-6-11/h9,12H,4-8H2,1-3H3,(H,13,14). The fourth-order valence-corrected chi connectivity index (χ4v) is 2.05. The molecule has 1 aliphatic rings. The second-order valence-corrected chi connectivity index (χ2v) is 5.63. The third-order valence-corrected chi connectivity index (χ3v) is 4.49. The summed E-state index contributed by atoms with van der Waals surface area (Å²) in [4.78, 5) is 11.5. The van der Waals surface area contributed by atoms with Gasteiger partial charge in [-0.2, -0.15) is 11.8 Å².